The van der Waals surface area contributed by atoms with Crippen LogP contribution in [0.4, 0.5) is 17.1 Å². The van der Waals surface area contributed by atoms with Crippen molar-refractivity contribution < 1.29 is 0 Å². The van der Waals surface area contributed by atoms with Gasteiger partial charge in [0.1, 0.15) is 0 Å². The smallest absolute Gasteiger partial charge is 0.0725 e. The minimum Gasteiger partial charge on any atom is -0.310 e. The molecule has 10 aromatic rings. The quantitative estimate of drug-likeness (QED) is 0.162. The maximum Gasteiger partial charge on any atom is 0.0725 e. The van der Waals surface area contributed by atoms with Crippen LogP contribution in [0.1, 0.15) is 44.5 Å². The van der Waals surface area contributed by atoms with E-state index in [9.17, 15) is 0 Å². The van der Waals surface area contributed by atoms with Gasteiger partial charge in [-0.3, -0.25) is 0 Å². The first-order chi connectivity index (χ1) is 31.3. The van der Waals surface area contributed by atoms with Crippen molar-refractivity contribution in [3.63, 3.8) is 0 Å². The lowest BCUT2D eigenvalue weighted by atomic mass is 9.67. The van der Waals surface area contributed by atoms with E-state index in [-0.39, 0.29) is 0 Å². The van der Waals surface area contributed by atoms with Crippen molar-refractivity contribution >= 4 is 17.1 Å². The molecule has 10 aromatic carbocycles. The summed E-state index contributed by atoms with van der Waals surface area (Å²) in [5, 5.41) is 0. The Morgan fingerprint density at radius 3 is 1.19 bits per heavy atom. The highest BCUT2D eigenvalue weighted by Gasteiger charge is 2.52. The van der Waals surface area contributed by atoms with E-state index in [1.165, 1.54) is 89.0 Å². The van der Waals surface area contributed by atoms with E-state index < -0.39 is 10.8 Å². The fraction of sp³-hybridized carbons (Fsp3) is 0.0323. The first kappa shape index (κ1) is 35.7. The van der Waals surface area contributed by atoms with E-state index in [1.54, 1.807) is 0 Å². The maximum atomic E-state index is 2.49. The molecule has 0 fully saturated rings. The summed E-state index contributed by atoms with van der Waals surface area (Å²) in [7, 11) is 0. The summed E-state index contributed by atoms with van der Waals surface area (Å²) in [5.41, 5.74) is 23.0. The van der Waals surface area contributed by atoms with E-state index in [0.717, 1.165) is 17.1 Å². The molecule has 1 nitrogen and oxygen atoms in total. The van der Waals surface area contributed by atoms with Gasteiger partial charge in [-0.15, -0.1) is 0 Å². The normalized spacial score (nSPS) is 14.0. The van der Waals surface area contributed by atoms with Gasteiger partial charge in [-0.2, -0.15) is 0 Å². The summed E-state index contributed by atoms with van der Waals surface area (Å²) in [4.78, 5) is 2.49. The third-order valence-electron chi connectivity index (χ3n) is 14.2. The van der Waals surface area contributed by atoms with Crippen LogP contribution in [-0.2, 0) is 10.8 Å². The molecule has 63 heavy (non-hydrogen) atoms. The Bertz CT molecular complexity index is 3320. The van der Waals surface area contributed by atoms with Gasteiger partial charge in [-0.05, 0) is 125 Å². The standard InChI is InChI=1S/C62H41N/c1-4-19-42(20-5-1)43-21-18-26-46(39-43)63(48-35-37-53-51-29-10-14-31-55(51)61(60(53)41-48,44-22-6-2-7-23-44)45-24-8-3-9-25-45)47-36-38-59-54(40-47)52-30-13-17-34-58(52)62(59)56-32-15-11-27-49(56)50-28-12-16-33-57(50)62/h1-41H. The molecule has 3 aliphatic rings. The highest BCUT2D eigenvalue weighted by molar-refractivity contribution is 5.97. The molecule has 0 saturated carbocycles. The molecule has 0 aliphatic heterocycles. The largest absolute Gasteiger partial charge is 0.310 e. The topological polar surface area (TPSA) is 3.24 Å². The second kappa shape index (κ2) is 13.8. The van der Waals surface area contributed by atoms with Crippen molar-refractivity contribution in [2.24, 2.45) is 0 Å². The van der Waals surface area contributed by atoms with Gasteiger partial charge in [0, 0.05) is 17.1 Å². The molecule has 0 amide bonds. The average Bonchev–Trinajstić information content (AvgIpc) is 3.95. The molecule has 294 valence electrons. The average molecular weight is 800 g/mol. The molecule has 13 rings (SSSR count). The van der Waals surface area contributed by atoms with Gasteiger partial charge in [0.2, 0.25) is 0 Å². The Morgan fingerprint density at radius 1 is 0.222 bits per heavy atom. The van der Waals surface area contributed by atoms with Crippen LogP contribution in [0.25, 0.3) is 44.5 Å². The molecule has 0 atom stereocenters. The van der Waals surface area contributed by atoms with Crippen molar-refractivity contribution in [3.8, 4) is 44.5 Å². The second-order valence-electron chi connectivity index (χ2n) is 17.1. The van der Waals surface area contributed by atoms with Crippen molar-refractivity contribution in [2.75, 3.05) is 4.90 Å². The maximum absolute atomic E-state index is 2.49. The van der Waals surface area contributed by atoms with Crippen molar-refractivity contribution in [3.05, 3.63) is 293 Å². The number of benzene rings is 10. The first-order valence-electron chi connectivity index (χ1n) is 22.0. The van der Waals surface area contributed by atoms with Crippen LogP contribution in [0.5, 0.6) is 0 Å². The highest BCUT2D eigenvalue weighted by Crippen LogP contribution is 2.63. The third kappa shape index (κ3) is 4.94. The predicted molar refractivity (Wildman–Crippen MR) is 260 cm³/mol. The lowest BCUT2D eigenvalue weighted by Gasteiger charge is -2.35. The highest BCUT2D eigenvalue weighted by atomic mass is 15.1. The van der Waals surface area contributed by atoms with E-state index >= 15 is 0 Å². The summed E-state index contributed by atoms with van der Waals surface area (Å²) in [5.74, 6) is 0. The predicted octanol–water partition coefficient (Wildman–Crippen LogP) is 15.5. The minimum atomic E-state index is -0.519. The van der Waals surface area contributed by atoms with Gasteiger partial charge in [-0.1, -0.05) is 212 Å². The SMILES string of the molecule is c1ccc(-c2cccc(N(c3ccc4c(c3)-c3ccccc3C43c4ccccc4-c4ccccc43)c3ccc4c(c3)C(c3ccccc3)(c3ccccc3)c3ccccc3-4)c2)cc1. The van der Waals surface area contributed by atoms with E-state index in [0.29, 0.717) is 0 Å². The van der Waals surface area contributed by atoms with Gasteiger partial charge in [0.05, 0.1) is 10.8 Å². The van der Waals surface area contributed by atoms with Gasteiger partial charge in [-0.25, -0.2) is 0 Å². The number of nitrogens with zero attached hydrogens (tertiary/aromatic N) is 1. The van der Waals surface area contributed by atoms with Crippen molar-refractivity contribution in [1.82, 2.24) is 0 Å². The molecule has 3 aliphatic carbocycles. The Balaban J connectivity index is 1.08. The van der Waals surface area contributed by atoms with Crippen molar-refractivity contribution in [2.45, 2.75) is 10.8 Å². The van der Waals surface area contributed by atoms with Gasteiger partial charge >= 0.3 is 0 Å². The molecule has 1 heteroatoms. The molecular weight excluding hydrogens is 759 g/mol. The van der Waals surface area contributed by atoms with Crippen LogP contribution < -0.4 is 4.90 Å². The van der Waals surface area contributed by atoms with Crippen LogP contribution in [0.15, 0.2) is 249 Å². The van der Waals surface area contributed by atoms with E-state index in [1.807, 2.05) is 0 Å². The fourth-order valence-electron chi connectivity index (χ4n) is 11.7. The summed E-state index contributed by atoms with van der Waals surface area (Å²) in [6.07, 6.45) is 0. The first-order valence-corrected chi connectivity index (χ1v) is 22.0. The molecule has 0 saturated heterocycles. The molecular formula is C62H41N. The van der Waals surface area contributed by atoms with Crippen molar-refractivity contribution in [1.29, 1.82) is 0 Å². The molecule has 0 unspecified atom stereocenters. The summed E-state index contributed by atoms with van der Waals surface area (Å²) >= 11 is 0. The number of anilines is 3. The van der Waals surface area contributed by atoms with E-state index in [2.05, 4.69) is 254 Å². The van der Waals surface area contributed by atoms with Crippen LogP contribution >= 0.6 is 0 Å². The van der Waals surface area contributed by atoms with Crippen LogP contribution in [0, 0.1) is 0 Å². The number of rotatable bonds is 6. The van der Waals surface area contributed by atoms with Gasteiger partial charge < -0.3 is 4.90 Å². The van der Waals surface area contributed by atoms with Gasteiger partial charge in [0.25, 0.3) is 0 Å². The lowest BCUT2D eigenvalue weighted by Crippen LogP contribution is -2.28. The summed E-state index contributed by atoms with van der Waals surface area (Å²) < 4.78 is 0. The molecule has 0 radical (unpaired) electrons. The van der Waals surface area contributed by atoms with Crippen LogP contribution in [0.3, 0.4) is 0 Å². The lowest BCUT2D eigenvalue weighted by molar-refractivity contribution is 0.768. The zero-order valence-corrected chi connectivity index (χ0v) is 34.6. The monoisotopic (exact) mass is 799 g/mol. The number of fused-ring (bicyclic) bond motifs is 13. The van der Waals surface area contributed by atoms with Crippen LogP contribution in [0.2, 0.25) is 0 Å². The molecule has 0 aromatic heterocycles. The minimum absolute atomic E-state index is 0.403. The number of hydrogen-bond donors (Lipinski definition) is 0. The van der Waals surface area contributed by atoms with Crippen LogP contribution in [-0.4, -0.2) is 0 Å². The Morgan fingerprint density at radius 2 is 0.619 bits per heavy atom. The second-order valence-corrected chi connectivity index (χ2v) is 17.1. The molecule has 0 heterocycles. The van der Waals surface area contributed by atoms with Gasteiger partial charge in [0.15, 0.2) is 0 Å². The zero-order chi connectivity index (χ0) is 41.5. The fourth-order valence-corrected chi connectivity index (χ4v) is 11.7. The third-order valence-corrected chi connectivity index (χ3v) is 14.2. The molecule has 1 spiro atoms. The summed E-state index contributed by atoms with van der Waals surface area (Å²) in [6, 6.07) is 92.7. The Labute approximate surface area is 368 Å². The Hall–Kier alpha value is -8.00. The molecule has 0 N–H and O–H groups in total. The Kier molecular flexibility index (Phi) is 7.80. The number of hydrogen-bond acceptors (Lipinski definition) is 1. The summed E-state index contributed by atoms with van der Waals surface area (Å²) in [6.45, 7) is 0. The molecule has 0 bridgehead atoms. The zero-order valence-electron chi connectivity index (χ0n) is 34.6. The van der Waals surface area contributed by atoms with E-state index in [4.69, 9.17) is 0 Å².